The molecule has 4 nitrogen and oxygen atoms in total. The molecule has 0 saturated carbocycles. The summed E-state index contributed by atoms with van der Waals surface area (Å²) in [5.41, 5.74) is 2.99. The number of nitrogens with zero attached hydrogens (tertiary/aromatic N) is 1. The minimum absolute atomic E-state index is 0.224. The second kappa shape index (κ2) is 9.73. The minimum Gasteiger partial charge on any atom is -0.296 e. The second-order valence-corrected chi connectivity index (χ2v) is 5.04. The number of hydrogen-bond donors (Lipinski definition) is 1. The van der Waals surface area contributed by atoms with Crippen molar-refractivity contribution in [2.75, 3.05) is 7.05 Å². The van der Waals surface area contributed by atoms with Gasteiger partial charge in [0.05, 0.1) is 12.2 Å². The van der Waals surface area contributed by atoms with E-state index < -0.39 is 0 Å². The molecule has 109 valence electrons. The van der Waals surface area contributed by atoms with Crippen LogP contribution in [0.15, 0.2) is 0 Å². The summed E-state index contributed by atoms with van der Waals surface area (Å²) in [6.45, 7) is 12.7. The van der Waals surface area contributed by atoms with Crippen molar-refractivity contribution < 1.29 is 9.68 Å². The highest BCUT2D eigenvalue weighted by Crippen LogP contribution is 2.13. The first-order chi connectivity index (χ1) is 8.46. The van der Waals surface area contributed by atoms with E-state index in [1.165, 1.54) is 0 Å². The van der Waals surface area contributed by atoms with Crippen LogP contribution in [-0.4, -0.2) is 24.3 Å². The fraction of sp³-hybridized carbons (Fsp3) is 0.929. The van der Waals surface area contributed by atoms with E-state index in [9.17, 15) is 0 Å². The molecule has 0 bridgehead atoms. The highest BCUT2D eigenvalue weighted by atomic mass is 16.7. The van der Waals surface area contributed by atoms with Crippen LogP contribution >= 0.6 is 0 Å². The zero-order valence-electron chi connectivity index (χ0n) is 13.1. The Labute approximate surface area is 113 Å². The summed E-state index contributed by atoms with van der Waals surface area (Å²) in [7, 11) is 1.90. The lowest BCUT2D eigenvalue weighted by Crippen LogP contribution is -2.39. The predicted molar refractivity (Wildman–Crippen MR) is 75.3 cm³/mol. The van der Waals surface area contributed by atoms with E-state index >= 15 is 0 Å². The topological polar surface area (TPSA) is 33.7 Å². The van der Waals surface area contributed by atoms with Crippen LogP contribution in [-0.2, 0) is 9.68 Å². The van der Waals surface area contributed by atoms with Gasteiger partial charge < -0.3 is 0 Å². The van der Waals surface area contributed by atoms with E-state index in [-0.39, 0.29) is 12.2 Å². The average molecular weight is 259 g/mol. The van der Waals surface area contributed by atoms with Crippen molar-refractivity contribution in [2.24, 2.45) is 5.92 Å². The molecule has 0 rings (SSSR count). The summed E-state index contributed by atoms with van der Waals surface area (Å²) in [6, 6.07) is 0. The van der Waals surface area contributed by atoms with Crippen molar-refractivity contribution in [3.05, 3.63) is 6.17 Å². The Morgan fingerprint density at radius 1 is 1.11 bits per heavy atom. The molecule has 0 aromatic rings. The van der Waals surface area contributed by atoms with Gasteiger partial charge in [-0.1, -0.05) is 34.6 Å². The van der Waals surface area contributed by atoms with E-state index in [4.69, 9.17) is 9.68 Å². The third-order valence-electron chi connectivity index (χ3n) is 3.19. The molecule has 4 heteroatoms. The average Bonchev–Trinajstić information content (AvgIpc) is 2.35. The van der Waals surface area contributed by atoms with Gasteiger partial charge in [0.25, 0.3) is 0 Å². The van der Waals surface area contributed by atoms with Gasteiger partial charge in [-0.2, -0.15) is 10.5 Å². The van der Waals surface area contributed by atoms with Gasteiger partial charge in [0.15, 0.2) is 0 Å². The van der Waals surface area contributed by atoms with Gasteiger partial charge in [0.2, 0.25) is 0 Å². The molecular weight excluding hydrogens is 228 g/mol. The third kappa shape index (κ3) is 6.69. The van der Waals surface area contributed by atoms with Crippen molar-refractivity contribution in [1.82, 2.24) is 10.5 Å². The summed E-state index contributed by atoms with van der Waals surface area (Å²) in [5.74, 6) is 0.501. The zero-order chi connectivity index (χ0) is 14.1. The van der Waals surface area contributed by atoms with Crippen LogP contribution in [0.3, 0.4) is 0 Å². The molecular formula is C14H31N2O2. The van der Waals surface area contributed by atoms with Crippen molar-refractivity contribution in [3.63, 3.8) is 0 Å². The van der Waals surface area contributed by atoms with Crippen molar-refractivity contribution >= 4 is 0 Å². The molecule has 1 N–H and O–H groups in total. The van der Waals surface area contributed by atoms with Crippen LogP contribution in [0.1, 0.15) is 60.8 Å². The SMILES string of the molecule is CCC(CC)ON(C)[C](C)NOC(CC)C(C)C. The summed E-state index contributed by atoms with van der Waals surface area (Å²) in [6.07, 6.45) is 4.38. The van der Waals surface area contributed by atoms with Crippen LogP contribution in [0.2, 0.25) is 0 Å². The van der Waals surface area contributed by atoms with E-state index in [2.05, 4.69) is 40.1 Å². The summed E-state index contributed by atoms with van der Waals surface area (Å²) >= 11 is 0. The maximum Gasteiger partial charge on any atom is 0.150 e. The molecule has 0 saturated heterocycles. The molecule has 0 spiro atoms. The fourth-order valence-electron chi connectivity index (χ4n) is 1.66. The quantitative estimate of drug-likeness (QED) is 0.609. The van der Waals surface area contributed by atoms with Gasteiger partial charge in [-0.15, -0.1) is 0 Å². The first-order valence-electron chi connectivity index (χ1n) is 7.11. The fourth-order valence-corrected chi connectivity index (χ4v) is 1.66. The van der Waals surface area contributed by atoms with Crippen LogP contribution in [0.5, 0.6) is 0 Å². The number of nitrogens with one attached hydrogen (secondary N) is 1. The Kier molecular flexibility index (Phi) is 9.64. The molecule has 0 aliphatic rings. The number of hydroxylamine groups is 3. The Balaban J connectivity index is 4.03. The highest BCUT2D eigenvalue weighted by molar-refractivity contribution is 4.71. The smallest absolute Gasteiger partial charge is 0.150 e. The normalized spacial score (nSPS) is 14.2. The van der Waals surface area contributed by atoms with Crippen LogP contribution in [0, 0.1) is 12.1 Å². The summed E-state index contributed by atoms with van der Waals surface area (Å²) in [5, 5.41) is 1.75. The van der Waals surface area contributed by atoms with Crippen molar-refractivity contribution in [2.45, 2.75) is 73.0 Å². The van der Waals surface area contributed by atoms with E-state index in [1.54, 1.807) is 5.06 Å². The lowest BCUT2D eigenvalue weighted by molar-refractivity contribution is -0.201. The maximum absolute atomic E-state index is 5.79. The van der Waals surface area contributed by atoms with Crippen LogP contribution in [0.25, 0.3) is 0 Å². The summed E-state index contributed by atoms with van der Waals surface area (Å²) in [4.78, 5) is 11.5. The second-order valence-electron chi connectivity index (χ2n) is 5.04. The molecule has 18 heavy (non-hydrogen) atoms. The lowest BCUT2D eigenvalue weighted by atomic mass is 10.1. The Hall–Kier alpha value is -0.160. The monoisotopic (exact) mass is 259 g/mol. The largest absolute Gasteiger partial charge is 0.296 e. The third-order valence-corrected chi connectivity index (χ3v) is 3.19. The Bertz CT molecular complexity index is 196. The molecule has 0 aromatic heterocycles. The first-order valence-corrected chi connectivity index (χ1v) is 7.11. The van der Waals surface area contributed by atoms with Crippen molar-refractivity contribution in [3.8, 4) is 0 Å². The molecule has 1 radical (unpaired) electrons. The molecule has 1 unspecified atom stereocenters. The van der Waals surface area contributed by atoms with Gasteiger partial charge >= 0.3 is 0 Å². The molecule has 0 heterocycles. The molecule has 0 aliphatic heterocycles. The highest BCUT2D eigenvalue weighted by Gasteiger charge is 2.18. The van der Waals surface area contributed by atoms with Crippen molar-refractivity contribution in [1.29, 1.82) is 0 Å². The standard InChI is InChI=1S/C14H31N2O2/c1-8-13(9-2)18-16(7)12(6)15-17-14(10-3)11(4)5/h11,13-15H,8-10H2,1-7H3. The van der Waals surface area contributed by atoms with Crippen LogP contribution in [0.4, 0.5) is 0 Å². The number of hydrogen-bond acceptors (Lipinski definition) is 4. The van der Waals surface area contributed by atoms with Crippen LogP contribution < -0.4 is 5.48 Å². The van der Waals surface area contributed by atoms with E-state index in [1.807, 2.05) is 14.0 Å². The minimum atomic E-state index is 0.224. The molecule has 0 aliphatic carbocycles. The van der Waals surface area contributed by atoms with Gasteiger partial charge in [-0.05, 0) is 32.1 Å². The molecule has 1 atom stereocenters. The Morgan fingerprint density at radius 3 is 2.06 bits per heavy atom. The summed E-state index contributed by atoms with van der Waals surface area (Å²) < 4.78 is 0. The van der Waals surface area contributed by atoms with Gasteiger partial charge in [-0.25, -0.2) is 0 Å². The zero-order valence-corrected chi connectivity index (χ0v) is 13.1. The van der Waals surface area contributed by atoms with Gasteiger partial charge in [0.1, 0.15) is 6.17 Å². The molecule has 0 amide bonds. The van der Waals surface area contributed by atoms with Gasteiger partial charge in [0, 0.05) is 7.05 Å². The molecule has 0 aromatic carbocycles. The lowest BCUT2D eigenvalue weighted by Gasteiger charge is -2.29. The number of rotatable bonds is 10. The van der Waals surface area contributed by atoms with Gasteiger partial charge in [-0.3, -0.25) is 9.68 Å². The first kappa shape index (κ1) is 17.8. The van der Waals surface area contributed by atoms with E-state index in [0.29, 0.717) is 5.92 Å². The predicted octanol–water partition coefficient (Wildman–Crippen LogP) is 3.50. The Morgan fingerprint density at radius 2 is 1.67 bits per heavy atom. The molecule has 0 fully saturated rings. The maximum atomic E-state index is 5.79. The van der Waals surface area contributed by atoms with E-state index in [0.717, 1.165) is 25.4 Å².